The fraction of sp³-hybridized carbons (Fsp3) is 0. The van der Waals surface area contributed by atoms with E-state index in [9.17, 15) is 16.8 Å². The molecule has 0 saturated carbocycles. The number of rotatable bonds is 3. The van der Waals surface area contributed by atoms with E-state index in [1.54, 1.807) is 103 Å². The minimum absolute atomic E-state index is 0.105. The lowest BCUT2D eigenvalue weighted by atomic mass is 10.1. The first-order valence-electron chi connectivity index (χ1n) is 11.9. The molecule has 0 amide bonds. The molecule has 8 heteroatoms. The van der Waals surface area contributed by atoms with Gasteiger partial charge in [0, 0.05) is 38.2 Å². The number of benzene rings is 5. The molecule has 7 rings (SSSR count). The summed E-state index contributed by atoms with van der Waals surface area (Å²) in [7, 11) is -11.3. The van der Waals surface area contributed by atoms with Crippen molar-refractivity contribution in [3.05, 3.63) is 115 Å². The van der Waals surface area contributed by atoms with Gasteiger partial charge in [0.1, 0.15) is 0 Å². The van der Waals surface area contributed by atoms with Crippen molar-refractivity contribution in [3.8, 4) is 22.3 Å². The summed E-state index contributed by atoms with van der Waals surface area (Å²) >= 11 is 0. The van der Waals surface area contributed by atoms with Gasteiger partial charge in [0.05, 0.1) is 19.6 Å². The molecule has 0 fully saturated rings. The fourth-order valence-corrected chi connectivity index (χ4v) is 11.7. The van der Waals surface area contributed by atoms with E-state index in [0.29, 0.717) is 38.2 Å². The van der Waals surface area contributed by atoms with Gasteiger partial charge in [-0.3, -0.25) is 0 Å². The zero-order valence-corrected chi connectivity index (χ0v) is 22.3. The van der Waals surface area contributed by atoms with Crippen molar-refractivity contribution < 1.29 is 21.4 Å². The Hall–Kier alpha value is -3.77. The van der Waals surface area contributed by atoms with Crippen molar-refractivity contribution >= 4 is 42.7 Å². The van der Waals surface area contributed by atoms with Gasteiger partial charge in [-0.05, 0) is 24.3 Å². The summed E-state index contributed by atoms with van der Waals surface area (Å²) < 4.78 is 68.9. The summed E-state index contributed by atoms with van der Waals surface area (Å²) in [5, 5.41) is 1.14. The average Bonchev–Trinajstić information content (AvgIpc) is 3.32. The van der Waals surface area contributed by atoms with E-state index < -0.39 is 26.8 Å². The predicted molar refractivity (Wildman–Crippen MR) is 148 cm³/mol. The topological polar surface area (TPSA) is 85.3 Å². The van der Waals surface area contributed by atoms with Crippen LogP contribution in [-0.2, 0) is 24.2 Å². The van der Waals surface area contributed by atoms with E-state index in [1.807, 2.05) is 0 Å². The summed E-state index contributed by atoms with van der Waals surface area (Å²) in [6.07, 6.45) is 0. The van der Waals surface area contributed by atoms with Gasteiger partial charge in [-0.25, -0.2) is 16.8 Å². The zero-order chi connectivity index (χ0) is 26.3. The Balaban J connectivity index is 1.49. The van der Waals surface area contributed by atoms with Gasteiger partial charge in [0.15, 0.2) is 7.14 Å². The molecular weight excluding hydrogens is 535 g/mol. The molecule has 0 bridgehead atoms. The molecule has 2 aliphatic heterocycles. The van der Waals surface area contributed by atoms with Crippen LogP contribution in [0.25, 0.3) is 22.3 Å². The van der Waals surface area contributed by atoms with Gasteiger partial charge in [-0.15, -0.1) is 0 Å². The molecule has 5 aromatic carbocycles. The third kappa shape index (κ3) is 3.01. The average molecular weight is 555 g/mol. The minimum atomic E-state index is -3.79. The van der Waals surface area contributed by atoms with Gasteiger partial charge >= 0.3 is 0 Å². The zero-order valence-electron chi connectivity index (χ0n) is 19.8. The molecule has 0 unspecified atom stereocenters. The Morgan fingerprint density at radius 3 is 1.26 bits per heavy atom. The van der Waals surface area contributed by atoms with Crippen molar-refractivity contribution in [2.45, 2.75) is 19.6 Å². The lowest BCUT2D eigenvalue weighted by Crippen LogP contribution is -2.26. The fourth-order valence-electron chi connectivity index (χ4n) is 5.47. The van der Waals surface area contributed by atoms with Crippen LogP contribution in [0.2, 0.25) is 0 Å². The number of sulfone groups is 2. The summed E-state index contributed by atoms with van der Waals surface area (Å²) in [5.41, 5.74) is 2.36. The van der Waals surface area contributed by atoms with Crippen LogP contribution in [0.15, 0.2) is 135 Å². The second kappa shape index (κ2) is 7.87. The van der Waals surface area contributed by atoms with E-state index in [0.717, 1.165) is 0 Å². The van der Waals surface area contributed by atoms with Crippen LogP contribution >= 0.6 is 7.14 Å². The lowest BCUT2D eigenvalue weighted by Gasteiger charge is -2.21. The molecule has 0 radical (unpaired) electrons. The molecule has 38 heavy (non-hydrogen) atoms. The molecule has 186 valence electrons. The highest BCUT2D eigenvalue weighted by Crippen LogP contribution is 2.49. The number of fused-ring (bicyclic) bond motifs is 6. The summed E-state index contributed by atoms with van der Waals surface area (Å²) in [6, 6.07) is 32.2. The van der Waals surface area contributed by atoms with Crippen molar-refractivity contribution in [2.24, 2.45) is 0 Å². The molecule has 0 N–H and O–H groups in total. The second-order valence-electron chi connectivity index (χ2n) is 9.30. The highest BCUT2D eigenvalue weighted by atomic mass is 32.2. The molecule has 0 atom stereocenters. The van der Waals surface area contributed by atoms with Crippen molar-refractivity contribution in [2.75, 3.05) is 0 Å². The van der Waals surface area contributed by atoms with E-state index in [-0.39, 0.29) is 19.6 Å². The smallest absolute Gasteiger partial charge is 0.207 e. The molecule has 0 spiro atoms. The first-order valence-corrected chi connectivity index (χ1v) is 16.6. The Bertz CT molecular complexity index is 1950. The van der Waals surface area contributed by atoms with E-state index >= 15 is 4.57 Å². The standard InChI is InChI=1S/C30H19O5PS2/c31-36(20-8-2-1-3-9-20,21-14-16-25-23-10-4-6-12-27(23)37(32,33)29(25)18-21)22-15-17-26-24-11-5-7-13-28(24)38(34,35)30(26)19-22/h1-19H. The Morgan fingerprint density at radius 1 is 0.395 bits per heavy atom. The summed E-state index contributed by atoms with van der Waals surface area (Å²) in [5.74, 6) is 0. The molecule has 2 heterocycles. The van der Waals surface area contributed by atoms with Crippen LogP contribution in [0.5, 0.6) is 0 Å². The Labute approximate surface area is 220 Å². The number of hydrogen-bond acceptors (Lipinski definition) is 5. The lowest BCUT2D eigenvalue weighted by molar-refractivity contribution is 0.592. The quantitative estimate of drug-likeness (QED) is 0.289. The highest BCUT2D eigenvalue weighted by molar-refractivity contribution is 7.92. The van der Waals surface area contributed by atoms with Crippen molar-refractivity contribution in [3.63, 3.8) is 0 Å². The first kappa shape index (κ1) is 23.4. The summed E-state index contributed by atoms with van der Waals surface area (Å²) in [6.45, 7) is 0. The van der Waals surface area contributed by atoms with Gasteiger partial charge in [-0.1, -0.05) is 91.0 Å². The normalized spacial score (nSPS) is 15.8. The summed E-state index contributed by atoms with van der Waals surface area (Å²) in [4.78, 5) is 0.660. The first-order chi connectivity index (χ1) is 18.2. The van der Waals surface area contributed by atoms with E-state index in [1.165, 1.54) is 12.1 Å². The van der Waals surface area contributed by atoms with E-state index in [4.69, 9.17) is 0 Å². The SMILES string of the molecule is O=P(c1ccccc1)(c1ccc2c(c1)S(=O)(=O)c1ccccc1-2)c1ccc2c(c1)S(=O)(=O)c1ccccc1-2. The van der Waals surface area contributed by atoms with E-state index in [2.05, 4.69) is 0 Å². The highest BCUT2D eigenvalue weighted by Gasteiger charge is 2.39. The molecule has 2 aliphatic rings. The molecule has 0 saturated heterocycles. The minimum Gasteiger partial charge on any atom is -0.309 e. The van der Waals surface area contributed by atoms with Crippen LogP contribution in [0.1, 0.15) is 0 Å². The molecule has 5 nitrogen and oxygen atoms in total. The monoisotopic (exact) mass is 554 g/mol. The van der Waals surface area contributed by atoms with Crippen LogP contribution in [0, 0.1) is 0 Å². The maximum absolute atomic E-state index is 15.2. The van der Waals surface area contributed by atoms with Crippen LogP contribution in [-0.4, -0.2) is 16.8 Å². The van der Waals surface area contributed by atoms with Gasteiger partial charge in [0.2, 0.25) is 19.7 Å². The largest absolute Gasteiger partial charge is 0.309 e. The third-order valence-corrected chi connectivity index (χ3v) is 14.0. The van der Waals surface area contributed by atoms with Crippen molar-refractivity contribution in [1.82, 2.24) is 0 Å². The predicted octanol–water partition coefficient (Wildman–Crippen LogP) is 4.95. The molecule has 5 aromatic rings. The third-order valence-electron chi connectivity index (χ3n) is 7.29. The van der Waals surface area contributed by atoms with Gasteiger partial charge in [-0.2, -0.15) is 0 Å². The molecular formula is C30H19O5PS2. The Kier molecular flexibility index (Phi) is 4.84. The van der Waals surface area contributed by atoms with Crippen LogP contribution in [0.4, 0.5) is 0 Å². The second-order valence-corrected chi connectivity index (χ2v) is 15.8. The van der Waals surface area contributed by atoms with Crippen LogP contribution in [0.3, 0.4) is 0 Å². The number of hydrogen-bond donors (Lipinski definition) is 0. The van der Waals surface area contributed by atoms with Gasteiger partial charge < -0.3 is 4.57 Å². The molecule has 0 aromatic heterocycles. The van der Waals surface area contributed by atoms with Crippen LogP contribution < -0.4 is 15.9 Å². The maximum atomic E-state index is 15.2. The maximum Gasteiger partial charge on any atom is 0.207 e. The Morgan fingerprint density at radius 2 is 0.789 bits per heavy atom. The van der Waals surface area contributed by atoms with Gasteiger partial charge in [0.25, 0.3) is 0 Å². The van der Waals surface area contributed by atoms with Crippen molar-refractivity contribution in [1.29, 1.82) is 0 Å². The molecule has 0 aliphatic carbocycles.